The van der Waals surface area contributed by atoms with Gasteiger partial charge in [-0.05, 0) is 50.3 Å². The van der Waals surface area contributed by atoms with Crippen LogP contribution in [0.3, 0.4) is 0 Å². The van der Waals surface area contributed by atoms with Gasteiger partial charge in [0.25, 0.3) is 5.91 Å². The van der Waals surface area contributed by atoms with Gasteiger partial charge in [-0.2, -0.15) is 0 Å². The molecule has 1 aliphatic carbocycles. The van der Waals surface area contributed by atoms with Gasteiger partial charge in [0.15, 0.2) is 0 Å². The van der Waals surface area contributed by atoms with Gasteiger partial charge in [0.1, 0.15) is 5.00 Å². The van der Waals surface area contributed by atoms with Crippen molar-refractivity contribution in [1.29, 1.82) is 0 Å². The Morgan fingerprint density at radius 2 is 1.72 bits per heavy atom. The van der Waals surface area contributed by atoms with Crippen LogP contribution in [0.15, 0.2) is 18.2 Å². The van der Waals surface area contributed by atoms with Gasteiger partial charge in [-0.15, -0.1) is 11.3 Å². The van der Waals surface area contributed by atoms with Crippen LogP contribution >= 0.6 is 11.3 Å². The number of thiophene rings is 1. The minimum Gasteiger partial charge on any atom is -0.481 e. The van der Waals surface area contributed by atoms with Crippen LogP contribution < -0.4 is 11.1 Å². The van der Waals surface area contributed by atoms with E-state index in [0.29, 0.717) is 17.8 Å². The highest BCUT2D eigenvalue weighted by atomic mass is 32.1. The minimum atomic E-state index is -0.946. The smallest absolute Gasteiger partial charge is 0.307 e. The van der Waals surface area contributed by atoms with E-state index in [1.807, 2.05) is 39.0 Å². The first-order chi connectivity index (χ1) is 13.7. The molecule has 0 bridgehead atoms. The number of hydrogen-bond donors (Lipinski definition) is 3. The molecule has 3 rings (SSSR count). The topological polar surface area (TPSA) is 109 Å². The fourth-order valence-corrected chi connectivity index (χ4v) is 5.14. The maximum atomic E-state index is 12.9. The summed E-state index contributed by atoms with van der Waals surface area (Å²) in [5, 5.41) is 12.7. The van der Waals surface area contributed by atoms with E-state index in [-0.39, 0.29) is 11.5 Å². The Hall–Kier alpha value is -2.67. The number of aryl methyl sites for hydroxylation is 3. The van der Waals surface area contributed by atoms with Crippen molar-refractivity contribution in [3.05, 3.63) is 39.8 Å². The summed E-state index contributed by atoms with van der Waals surface area (Å²) in [6.07, 6.45) is 2.65. The lowest BCUT2D eigenvalue weighted by molar-refractivity contribution is -0.147. The summed E-state index contributed by atoms with van der Waals surface area (Å²) in [6.45, 7) is 5.91. The molecule has 154 valence electrons. The van der Waals surface area contributed by atoms with Crippen LogP contribution in [0.1, 0.15) is 52.0 Å². The number of rotatable bonds is 5. The molecule has 1 aromatic heterocycles. The van der Waals surface area contributed by atoms with Crippen molar-refractivity contribution >= 4 is 34.1 Å². The van der Waals surface area contributed by atoms with Gasteiger partial charge >= 0.3 is 5.97 Å². The molecule has 0 unspecified atom stereocenters. The second kappa shape index (κ2) is 8.37. The van der Waals surface area contributed by atoms with Gasteiger partial charge in [0, 0.05) is 10.4 Å². The summed E-state index contributed by atoms with van der Waals surface area (Å²) < 4.78 is 0. The second-order valence-electron chi connectivity index (χ2n) is 7.73. The number of primary amides is 1. The molecule has 0 saturated heterocycles. The predicted molar refractivity (Wildman–Crippen MR) is 114 cm³/mol. The number of benzene rings is 1. The second-order valence-corrected chi connectivity index (χ2v) is 8.95. The molecule has 1 aliphatic rings. The van der Waals surface area contributed by atoms with E-state index in [1.54, 1.807) is 0 Å². The lowest BCUT2D eigenvalue weighted by Crippen LogP contribution is -2.36. The van der Waals surface area contributed by atoms with Gasteiger partial charge in [-0.3, -0.25) is 14.4 Å². The van der Waals surface area contributed by atoms with E-state index in [0.717, 1.165) is 40.0 Å². The molecule has 2 amide bonds. The molecule has 0 aliphatic heterocycles. The summed E-state index contributed by atoms with van der Waals surface area (Å²) in [5.74, 6) is -3.21. The summed E-state index contributed by atoms with van der Waals surface area (Å²) >= 11 is 1.30. The Kier molecular flexibility index (Phi) is 6.07. The third-order valence-electron chi connectivity index (χ3n) is 5.78. The molecular weight excluding hydrogens is 388 g/mol. The van der Waals surface area contributed by atoms with Crippen molar-refractivity contribution in [2.24, 2.45) is 17.6 Å². The Balaban J connectivity index is 1.98. The van der Waals surface area contributed by atoms with Crippen LogP contribution in [0.2, 0.25) is 0 Å². The molecule has 0 spiro atoms. The number of amides is 2. The van der Waals surface area contributed by atoms with Crippen LogP contribution in [-0.2, 0) is 9.59 Å². The molecule has 2 aromatic rings. The zero-order valence-corrected chi connectivity index (χ0v) is 17.7. The fraction of sp³-hybridized carbons (Fsp3) is 0.409. The fourth-order valence-electron chi connectivity index (χ4n) is 4.06. The van der Waals surface area contributed by atoms with E-state index in [1.165, 1.54) is 11.3 Å². The number of carboxylic acid groups (broad SMARTS) is 1. The number of hydrogen-bond acceptors (Lipinski definition) is 4. The predicted octanol–water partition coefficient (Wildman–Crippen LogP) is 4.27. The maximum absolute atomic E-state index is 12.9. The normalized spacial score (nSPS) is 19.0. The summed E-state index contributed by atoms with van der Waals surface area (Å²) in [5.41, 5.74) is 9.81. The molecule has 1 fully saturated rings. The Morgan fingerprint density at radius 1 is 1.07 bits per heavy atom. The third-order valence-corrected chi connectivity index (χ3v) is 6.80. The highest BCUT2D eigenvalue weighted by Gasteiger charge is 2.36. The third kappa shape index (κ3) is 4.19. The van der Waals surface area contributed by atoms with Crippen molar-refractivity contribution in [2.45, 2.75) is 46.5 Å². The lowest BCUT2D eigenvalue weighted by atomic mass is 9.78. The average Bonchev–Trinajstić information content (AvgIpc) is 2.99. The molecule has 6 nitrogen and oxygen atoms in total. The van der Waals surface area contributed by atoms with Crippen LogP contribution in [0.5, 0.6) is 0 Å². The number of nitrogens with one attached hydrogen (secondary N) is 1. The highest BCUT2D eigenvalue weighted by molar-refractivity contribution is 7.17. The van der Waals surface area contributed by atoms with Crippen LogP contribution in [0.4, 0.5) is 5.00 Å². The van der Waals surface area contributed by atoms with Crippen LogP contribution in [-0.4, -0.2) is 22.9 Å². The first-order valence-electron chi connectivity index (χ1n) is 9.75. The van der Waals surface area contributed by atoms with E-state index in [9.17, 15) is 19.5 Å². The number of nitrogens with two attached hydrogens (primary N) is 1. The molecule has 0 radical (unpaired) electrons. The van der Waals surface area contributed by atoms with Crippen LogP contribution in [0.25, 0.3) is 11.1 Å². The van der Waals surface area contributed by atoms with Gasteiger partial charge in [0.05, 0.1) is 17.4 Å². The minimum absolute atomic E-state index is 0.284. The summed E-state index contributed by atoms with van der Waals surface area (Å²) in [4.78, 5) is 37.6. The summed E-state index contributed by atoms with van der Waals surface area (Å²) in [6, 6.07) is 5.94. The Bertz CT molecular complexity index is 979. The van der Waals surface area contributed by atoms with E-state index in [2.05, 4.69) is 5.32 Å². The van der Waals surface area contributed by atoms with Gasteiger partial charge in [-0.25, -0.2) is 0 Å². The van der Waals surface area contributed by atoms with Crippen molar-refractivity contribution in [3.63, 3.8) is 0 Å². The first kappa shape index (κ1) is 21.0. The standard InChI is InChI=1S/C22H26N2O4S/c1-11-8-9-14(10-12(11)2)17-13(3)29-21(18(17)19(23)25)24-20(26)15-6-4-5-7-16(15)22(27)28/h8-10,15-16H,4-7H2,1-3H3,(H2,23,25)(H,24,26)(H,27,28)/t15-,16-/m0/s1. The number of aliphatic carboxylic acids is 1. The number of carbonyl (C=O) groups is 3. The maximum Gasteiger partial charge on any atom is 0.307 e. The van der Waals surface area contributed by atoms with Crippen LogP contribution in [0, 0.1) is 32.6 Å². The van der Waals surface area contributed by atoms with Gasteiger partial charge < -0.3 is 16.2 Å². The number of carboxylic acids is 1. The molecule has 29 heavy (non-hydrogen) atoms. The molecule has 1 saturated carbocycles. The monoisotopic (exact) mass is 414 g/mol. The molecule has 1 heterocycles. The number of anilines is 1. The Morgan fingerprint density at radius 3 is 2.31 bits per heavy atom. The summed E-state index contributed by atoms with van der Waals surface area (Å²) in [7, 11) is 0. The molecule has 4 N–H and O–H groups in total. The SMILES string of the molecule is Cc1ccc(-c2c(C)sc(NC(=O)[C@H]3CCCC[C@@H]3C(=O)O)c2C(N)=O)cc1C. The number of carbonyl (C=O) groups excluding carboxylic acids is 2. The first-order valence-corrected chi connectivity index (χ1v) is 10.6. The molecule has 7 heteroatoms. The Labute approximate surface area is 174 Å². The van der Waals surface area contributed by atoms with E-state index in [4.69, 9.17) is 5.73 Å². The van der Waals surface area contributed by atoms with Gasteiger partial charge in [-0.1, -0.05) is 31.0 Å². The largest absolute Gasteiger partial charge is 0.481 e. The van der Waals surface area contributed by atoms with Crippen molar-refractivity contribution < 1.29 is 19.5 Å². The average molecular weight is 415 g/mol. The lowest BCUT2D eigenvalue weighted by Gasteiger charge is -2.27. The van der Waals surface area contributed by atoms with Crippen molar-refractivity contribution in [2.75, 3.05) is 5.32 Å². The van der Waals surface area contributed by atoms with Crippen molar-refractivity contribution in [1.82, 2.24) is 0 Å². The highest BCUT2D eigenvalue weighted by Crippen LogP contribution is 2.41. The van der Waals surface area contributed by atoms with Gasteiger partial charge in [0.2, 0.25) is 5.91 Å². The van der Waals surface area contributed by atoms with E-state index >= 15 is 0 Å². The molecular formula is C22H26N2O4S. The van der Waals surface area contributed by atoms with Crippen molar-refractivity contribution in [3.8, 4) is 11.1 Å². The zero-order chi connectivity index (χ0) is 21.3. The molecule has 1 aromatic carbocycles. The quantitative estimate of drug-likeness (QED) is 0.679. The van der Waals surface area contributed by atoms with E-state index < -0.39 is 23.7 Å². The zero-order valence-electron chi connectivity index (χ0n) is 16.9. The molecule has 2 atom stereocenters.